The highest BCUT2D eigenvalue weighted by molar-refractivity contribution is 5.95. The SMILES string of the molecule is CCC(CN)NC(=O)c1cc(O)cc(O)c1. The number of amides is 1. The van der Waals surface area contributed by atoms with Crippen molar-refractivity contribution in [3.63, 3.8) is 0 Å². The molecule has 1 atom stereocenters. The van der Waals surface area contributed by atoms with E-state index < -0.39 is 0 Å². The summed E-state index contributed by atoms with van der Waals surface area (Å²) in [6.07, 6.45) is 0.729. The monoisotopic (exact) mass is 224 g/mol. The van der Waals surface area contributed by atoms with Crippen LogP contribution in [0.5, 0.6) is 11.5 Å². The summed E-state index contributed by atoms with van der Waals surface area (Å²) in [6.45, 7) is 2.27. The summed E-state index contributed by atoms with van der Waals surface area (Å²) >= 11 is 0. The normalized spacial score (nSPS) is 12.1. The molecule has 0 aliphatic carbocycles. The van der Waals surface area contributed by atoms with Gasteiger partial charge in [0.25, 0.3) is 5.91 Å². The number of phenolic OH excluding ortho intramolecular Hbond substituents is 2. The molecule has 1 rings (SSSR count). The van der Waals surface area contributed by atoms with E-state index in [0.29, 0.717) is 6.54 Å². The molecule has 5 heteroatoms. The fourth-order valence-electron chi connectivity index (χ4n) is 1.32. The van der Waals surface area contributed by atoms with Crippen molar-refractivity contribution in [2.75, 3.05) is 6.54 Å². The van der Waals surface area contributed by atoms with E-state index in [9.17, 15) is 15.0 Å². The van der Waals surface area contributed by atoms with E-state index in [-0.39, 0.29) is 29.0 Å². The lowest BCUT2D eigenvalue weighted by molar-refractivity contribution is 0.0936. The number of phenols is 2. The van der Waals surface area contributed by atoms with Gasteiger partial charge in [0.2, 0.25) is 0 Å². The number of benzene rings is 1. The number of rotatable bonds is 4. The number of carbonyl (C=O) groups is 1. The summed E-state index contributed by atoms with van der Waals surface area (Å²) in [7, 11) is 0. The first-order valence-corrected chi connectivity index (χ1v) is 5.10. The molecule has 5 N–H and O–H groups in total. The minimum absolute atomic E-state index is 0.100. The lowest BCUT2D eigenvalue weighted by atomic mass is 10.1. The van der Waals surface area contributed by atoms with Gasteiger partial charge in [-0.2, -0.15) is 0 Å². The molecule has 88 valence electrons. The van der Waals surface area contributed by atoms with Crippen molar-refractivity contribution in [1.82, 2.24) is 5.32 Å². The fourth-order valence-corrected chi connectivity index (χ4v) is 1.32. The zero-order valence-electron chi connectivity index (χ0n) is 9.10. The van der Waals surface area contributed by atoms with E-state index >= 15 is 0 Å². The van der Waals surface area contributed by atoms with Gasteiger partial charge in [-0.3, -0.25) is 4.79 Å². The fraction of sp³-hybridized carbons (Fsp3) is 0.364. The molecule has 0 radical (unpaired) electrons. The molecule has 0 aliphatic rings. The minimum Gasteiger partial charge on any atom is -0.508 e. The third kappa shape index (κ3) is 3.13. The first-order valence-electron chi connectivity index (χ1n) is 5.10. The number of nitrogens with two attached hydrogens (primary N) is 1. The Hall–Kier alpha value is -1.75. The molecule has 0 spiro atoms. The van der Waals surface area contributed by atoms with Crippen LogP contribution in [0.15, 0.2) is 18.2 Å². The van der Waals surface area contributed by atoms with Gasteiger partial charge in [-0.25, -0.2) is 0 Å². The van der Waals surface area contributed by atoms with Crippen molar-refractivity contribution >= 4 is 5.91 Å². The van der Waals surface area contributed by atoms with Crippen LogP contribution in [-0.4, -0.2) is 28.7 Å². The maximum atomic E-state index is 11.7. The average molecular weight is 224 g/mol. The maximum Gasteiger partial charge on any atom is 0.251 e. The van der Waals surface area contributed by atoms with Crippen LogP contribution < -0.4 is 11.1 Å². The molecule has 0 fully saturated rings. The van der Waals surface area contributed by atoms with Crippen molar-refractivity contribution in [3.8, 4) is 11.5 Å². The summed E-state index contributed by atoms with van der Waals surface area (Å²) in [6, 6.07) is 3.64. The van der Waals surface area contributed by atoms with Crippen LogP contribution in [-0.2, 0) is 0 Å². The topological polar surface area (TPSA) is 95.6 Å². The number of nitrogens with one attached hydrogen (secondary N) is 1. The number of carbonyl (C=O) groups excluding carboxylic acids is 1. The molecule has 1 aromatic carbocycles. The molecule has 1 unspecified atom stereocenters. The quantitative estimate of drug-likeness (QED) is 0.601. The summed E-state index contributed by atoms with van der Waals surface area (Å²) in [4.78, 5) is 11.7. The molecule has 0 bridgehead atoms. The van der Waals surface area contributed by atoms with E-state index in [4.69, 9.17) is 5.73 Å². The van der Waals surface area contributed by atoms with Crippen molar-refractivity contribution < 1.29 is 15.0 Å². The van der Waals surface area contributed by atoms with Crippen LogP contribution in [0, 0.1) is 0 Å². The van der Waals surface area contributed by atoms with Gasteiger partial charge in [0.1, 0.15) is 11.5 Å². The van der Waals surface area contributed by atoms with Crippen molar-refractivity contribution in [2.24, 2.45) is 5.73 Å². The lowest BCUT2D eigenvalue weighted by Crippen LogP contribution is -2.39. The molecule has 0 heterocycles. The van der Waals surface area contributed by atoms with Gasteiger partial charge in [0.05, 0.1) is 0 Å². The molecule has 0 saturated carbocycles. The predicted octanol–water partition coefficient (Wildman–Crippen LogP) is 0.565. The Morgan fingerprint density at radius 1 is 1.38 bits per heavy atom. The van der Waals surface area contributed by atoms with Gasteiger partial charge in [-0.1, -0.05) is 6.92 Å². The van der Waals surface area contributed by atoms with E-state index in [1.807, 2.05) is 6.92 Å². The Labute approximate surface area is 93.9 Å². The Morgan fingerprint density at radius 3 is 2.38 bits per heavy atom. The Kier molecular flexibility index (Phi) is 4.13. The second-order valence-electron chi connectivity index (χ2n) is 3.55. The van der Waals surface area contributed by atoms with Gasteiger partial charge in [0, 0.05) is 24.2 Å². The van der Waals surface area contributed by atoms with Gasteiger partial charge in [-0.05, 0) is 18.6 Å². The lowest BCUT2D eigenvalue weighted by Gasteiger charge is -2.14. The van der Waals surface area contributed by atoms with Crippen LogP contribution in [0.25, 0.3) is 0 Å². The van der Waals surface area contributed by atoms with E-state index in [1.54, 1.807) is 0 Å². The van der Waals surface area contributed by atoms with Crippen molar-refractivity contribution in [1.29, 1.82) is 0 Å². The molecule has 0 saturated heterocycles. The maximum absolute atomic E-state index is 11.7. The van der Waals surface area contributed by atoms with Crippen LogP contribution in [0.1, 0.15) is 23.7 Å². The predicted molar refractivity (Wildman–Crippen MR) is 60.4 cm³/mol. The molecule has 5 nitrogen and oxygen atoms in total. The zero-order chi connectivity index (χ0) is 12.1. The minimum atomic E-state index is -0.358. The van der Waals surface area contributed by atoms with Crippen molar-refractivity contribution in [3.05, 3.63) is 23.8 Å². The van der Waals surface area contributed by atoms with E-state index in [1.165, 1.54) is 12.1 Å². The molecule has 1 amide bonds. The van der Waals surface area contributed by atoms with E-state index in [0.717, 1.165) is 12.5 Å². The highest BCUT2D eigenvalue weighted by Crippen LogP contribution is 2.20. The zero-order valence-corrected chi connectivity index (χ0v) is 9.10. The third-order valence-corrected chi connectivity index (χ3v) is 2.28. The van der Waals surface area contributed by atoms with Gasteiger partial charge in [0.15, 0.2) is 0 Å². The van der Waals surface area contributed by atoms with Crippen LogP contribution in [0.4, 0.5) is 0 Å². The smallest absolute Gasteiger partial charge is 0.251 e. The molecule has 0 aromatic heterocycles. The average Bonchev–Trinajstić information content (AvgIpc) is 2.24. The summed E-state index contributed by atoms with van der Waals surface area (Å²) in [5, 5.41) is 21.2. The second-order valence-corrected chi connectivity index (χ2v) is 3.55. The Morgan fingerprint density at radius 2 is 1.94 bits per heavy atom. The molecular weight excluding hydrogens is 208 g/mol. The third-order valence-electron chi connectivity index (χ3n) is 2.28. The highest BCUT2D eigenvalue weighted by atomic mass is 16.3. The molecule has 16 heavy (non-hydrogen) atoms. The van der Waals surface area contributed by atoms with Crippen LogP contribution in [0.3, 0.4) is 0 Å². The summed E-state index contributed by atoms with van der Waals surface area (Å²) < 4.78 is 0. The summed E-state index contributed by atoms with van der Waals surface area (Å²) in [5.74, 6) is -0.652. The van der Waals surface area contributed by atoms with Crippen LogP contribution in [0.2, 0.25) is 0 Å². The van der Waals surface area contributed by atoms with Gasteiger partial charge in [-0.15, -0.1) is 0 Å². The van der Waals surface area contributed by atoms with Crippen LogP contribution >= 0.6 is 0 Å². The number of aromatic hydroxyl groups is 2. The molecule has 1 aromatic rings. The Balaban J connectivity index is 2.80. The van der Waals surface area contributed by atoms with Gasteiger partial charge >= 0.3 is 0 Å². The summed E-state index contributed by atoms with van der Waals surface area (Å²) in [5.41, 5.74) is 5.67. The highest BCUT2D eigenvalue weighted by Gasteiger charge is 2.12. The largest absolute Gasteiger partial charge is 0.508 e. The molecule has 0 aliphatic heterocycles. The Bertz CT molecular complexity index is 355. The van der Waals surface area contributed by atoms with E-state index in [2.05, 4.69) is 5.32 Å². The first-order chi connectivity index (χ1) is 7.56. The number of hydrogen-bond acceptors (Lipinski definition) is 4. The van der Waals surface area contributed by atoms with Crippen molar-refractivity contribution in [2.45, 2.75) is 19.4 Å². The standard InChI is InChI=1S/C11H16N2O3/c1-2-8(6-12)13-11(16)7-3-9(14)5-10(15)4-7/h3-5,8,14-15H,2,6,12H2,1H3,(H,13,16). The second kappa shape index (κ2) is 5.37. The number of hydrogen-bond donors (Lipinski definition) is 4. The van der Waals surface area contributed by atoms with Gasteiger partial charge < -0.3 is 21.3 Å². The first kappa shape index (κ1) is 12.3. The molecular formula is C11H16N2O3.